The second-order valence-electron chi connectivity index (χ2n) is 5.89. The van der Waals surface area contributed by atoms with E-state index in [-0.39, 0.29) is 17.8 Å². The summed E-state index contributed by atoms with van der Waals surface area (Å²) in [4.78, 5) is 24.8. The molecule has 124 valence electrons. The molecule has 4 heteroatoms. The van der Waals surface area contributed by atoms with Gasteiger partial charge in [-0.15, -0.1) is 0 Å². The fourth-order valence-electron chi connectivity index (χ4n) is 2.85. The van der Waals surface area contributed by atoms with Crippen molar-refractivity contribution in [2.75, 3.05) is 6.54 Å². The lowest BCUT2D eigenvalue weighted by Gasteiger charge is -2.21. The van der Waals surface area contributed by atoms with Gasteiger partial charge in [0.25, 0.3) is 0 Å². The first-order valence-electron chi connectivity index (χ1n) is 8.56. The van der Waals surface area contributed by atoms with Gasteiger partial charge in [-0.25, -0.2) is 4.79 Å². The lowest BCUT2D eigenvalue weighted by Crippen LogP contribution is -2.28. The minimum absolute atomic E-state index is 0.116. The average molecular weight is 307 g/mol. The third-order valence-corrected chi connectivity index (χ3v) is 4.14. The van der Waals surface area contributed by atoms with Crippen molar-refractivity contribution < 1.29 is 14.3 Å². The minimum Gasteiger partial charge on any atom is -0.417 e. The van der Waals surface area contributed by atoms with Gasteiger partial charge in [-0.1, -0.05) is 52.0 Å². The zero-order valence-electron chi connectivity index (χ0n) is 13.8. The van der Waals surface area contributed by atoms with E-state index in [0.29, 0.717) is 6.42 Å². The molecule has 1 unspecified atom stereocenters. The van der Waals surface area contributed by atoms with Crippen LogP contribution in [0, 0.1) is 0 Å². The van der Waals surface area contributed by atoms with Gasteiger partial charge in [0.2, 0.25) is 5.76 Å². The summed E-state index contributed by atoms with van der Waals surface area (Å²) in [5.74, 6) is 1.60. The lowest BCUT2D eigenvalue weighted by molar-refractivity contribution is -0.140. The van der Waals surface area contributed by atoms with Crippen molar-refractivity contribution in [1.29, 1.82) is 0 Å². The van der Waals surface area contributed by atoms with Crippen LogP contribution >= 0.6 is 0 Å². The number of likely N-dealkylation sites (tertiary alicyclic amines) is 1. The topological polar surface area (TPSA) is 46.6 Å². The van der Waals surface area contributed by atoms with Crippen LogP contribution in [0.15, 0.2) is 18.5 Å². The minimum atomic E-state index is -0.317. The van der Waals surface area contributed by atoms with Gasteiger partial charge in [0.05, 0.1) is 6.04 Å². The SMILES string of the molecule is C=CN1CCCC1C(=C=O)OC(=O)CCCCCCCCC. The Bertz CT molecular complexity index is 399. The Kier molecular flexibility index (Phi) is 9.33. The van der Waals surface area contributed by atoms with Gasteiger partial charge in [-0.2, -0.15) is 0 Å². The van der Waals surface area contributed by atoms with Crippen molar-refractivity contribution in [3.05, 3.63) is 18.5 Å². The highest BCUT2D eigenvalue weighted by Crippen LogP contribution is 2.23. The predicted molar refractivity (Wildman–Crippen MR) is 87.8 cm³/mol. The molecule has 1 fully saturated rings. The second kappa shape index (κ2) is 11.1. The summed E-state index contributed by atoms with van der Waals surface area (Å²) < 4.78 is 5.23. The Morgan fingerprint density at radius 2 is 1.95 bits per heavy atom. The van der Waals surface area contributed by atoms with Gasteiger partial charge >= 0.3 is 5.97 Å². The molecule has 0 bridgehead atoms. The summed E-state index contributed by atoms with van der Waals surface area (Å²) in [5.41, 5.74) is 0. The van der Waals surface area contributed by atoms with Crippen molar-refractivity contribution in [2.45, 2.75) is 77.2 Å². The molecule has 0 aromatic heterocycles. The standard InChI is InChI=1S/C18H29NO3/c1-3-5-6-7-8-9-10-13-18(21)22-17(15-20)16-12-11-14-19(16)4-2/h4,16H,2-3,5-14H2,1H3. The number of hydrogen-bond donors (Lipinski definition) is 0. The lowest BCUT2D eigenvalue weighted by atomic mass is 10.1. The van der Waals surface area contributed by atoms with Gasteiger partial charge in [-0.3, -0.25) is 4.79 Å². The summed E-state index contributed by atoms with van der Waals surface area (Å²) in [6, 6.07) is -0.173. The van der Waals surface area contributed by atoms with Crippen molar-refractivity contribution in [1.82, 2.24) is 4.90 Å². The third-order valence-electron chi connectivity index (χ3n) is 4.14. The Balaban J connectivity index is 2.22. The first-order valence-corrected chi connectivity index (χ1v) is 8.56. The molecular formula is C18H29NO3. The molecule has 1 aliphatic rings. The summed E-state index contributed by atoms with van der Waals surface area (Å²) >= 11 is 0. The van der Waals surface area contributed by atoms with Gasteiger partial charge in [0.15, 0.2) is 5.94 Å². The molecule has 0 aromatic carbocycles. The average Bonchev–Trinajstić information content (AvgIpc) is 3.00. The Labute approximate surface area is 134 Å². The molecule has 0 spiro atoms. The van der Waals surface area contributed by atoms with E-state index in [2.05, 4.69) is 13.5 Å². The normalized spacial score (nSPS) is 17.1. The van der Waals surface area contributed by atoms with E-state index in [1.54, 1.807) is 12.1 Å². The highest BCUT2D eigenvalue weighted by molar-refractivity contribution is 5.72. The van der Waals surface area contributed by atoms with Crippen LogP contribution in [-0.4, -0.2) is 29.4 Å². The maximum Gasteiger partial charge on any atom is 0.311 e. The van der Waals surface area contributed by atoms with E-state index in [1.807, 2.05) is 4.90 Å². The summed E-state index contributed by atoms with van der Waals surface area (Å²) in [5, 5.41) is 0. The van der Waals surface area contributed by atoms with Crippen LogP contribution < -0.4 is 0 Å². The molecule has 1 aliphatic heterocycles. The summed E-state index contributed by atoms with van der Waals surface area (Å²) in [7, 11) is 0. The predicted octanol–water partition coefficient (Wildman–Crippen LogP) is 3.99. The fourth-order valence-corrected chi connectivity index (χ4v) is 2.85. The van der Waals surface area contributed by atoms with Crippen molar-refractivity contribution in [2.24, 2.45) is 0 Å². The zero-order valence-corrected chi connectivity index (χ0v) is 13.8. The molecule has 0 amide bonds. The van der Waals surface area contributed by atoms with Crippen LogP contribution in [0.5, 0.6) is 0 Å². The van der Waals surface area contributed by atoms with Crippen LogP contribution in [0.25, 0.3) is 0 Å². The van der Waals surface area contributed by atoms with Gasteiger partial charge < -0.3 is 9.64 Å². The molecule has 1 saturated heterocycles. The van der Waals surface area contributed by atoms with Crippen LogP contribution in [0.3, 0.4) is 0 Å². The Hall–Kier alpha value is -1.54. The molecule has 0 saturated carbocycles. The number of unbranched alkanes of at least 4 members (excludes halogenated alkanes) is 6. The van der Waals surface area contributed by atoms with Gasteiger partial charge in [0.1, 0.15) is 0 Å². The molecule has 1 heterocycles. The van der Waals surface area contributed by atoms with Crippen LogP contribution in [0.2, 0.25) is 0 Å². The molecule has 0 aliphatic carbocycles. The van der Waals surface area contributed by atoms with Crippen LogP contribution in [0.1, 0.15) is 71.1 Å². The van der Waals surface area contributed by atoms with Crippen LogP contribution in [0.4, 0.5) is 0 Å². The molecule has 0 N–H and O–H groups in total. The zero-order chi connectivity index (χ0) is 16.2. The number of nitrogens with zero attached hydrogens (tertiary/aromatic N) is 1. The molecule has 0 aromatic rings. The summed E-state index contributed by atoms with van der Waals surface area (Å²) in [6.45, 7) is 6.76. The van der Waals surface area contributed by atoms with E-state index < -0.39 is 0 Å². The Morgan fingerprint density at radius 3 is 2.59 bits per heavy atom. The molecule has 1 atom stereocenters. The first-order chi connectivity index (χ1) is 10.7. The maximum atomic E-state index is 11.8. The van der Waals surface area contributed by atoms with Crippen LogP contribution in [-0.2, 0) is 14.3 Å². The van der Waals surface area contributed by atoms with Crippen molar-refractivity contribution >= 4 is 11.9 Å². The van der Waals surface area contributed by atoms with E-state index in [1.165, 1.54) is 25.7 Å². The molecule has 0 radical (unpaired) electrons. The number of carbonyl (C=O) groups excluding carboxylic acids is 2. The molecule has 4 nitrogen and oxygen atoms in total. The molecular weight excluding hydrogens is 278 g/mol. The molecule has 22 heavy (non-hydrogen) atoms. The number of hydrogen-bond acceptors (Lipinski definition) is 4. The number of esters is 1. The van der Waals surface area contributed by atoms with Crippen molar-refractivity contribution in [3.63, 3.8) is 0 Å². The van der Waals surface area contributed by atoms with E-state index in [4.69, 9.17) is 4.74 Å². The van der Waals surface area contributed by atoms with Gasteiger partial charge in [-0.05, 0) is 25.5 Å². The van der Waals surface area contributed by atoms with E-state index in [9.17, 15) is 9.59 Å². The largest absolute Gasteiger partial charge is 0.417 e. The summed E-state index contributed by atoms with van der Waals surface area (Å²) in [6.07, 6.45) is 11.9. The highest BCUT2D eigenvalue weighted by Gasteiger charge is 2.28. The van der Waals surface area contributed by atoms with Crippen molar-refractivity contribution in [3.8, 4) is 0 Å². The van der Waals surface area contributed by atoms with Gasteiger partial charge in [0, 0.05) is 13.0 Å². The Morgan fingerprint density at radius 1 is 1.27 bits per heavy atom. The molecule has 1 rings (SSSR count). The number of carbonyl (C=O) groups is 1. The number of ether oxygens (including phenoxy) is 1. The smallest absolute Gasteiger partial charge is 0.311 e. The quantitative estimate of drug-likeness (QED) is 0.250. The monoisotopic (exact) mass is 307 g/mol. The number of rotatable bonds is 11. The second-order valence-corrected chi connectivity index (χ2v) is 5.89. The maximum absolute atomic E-state index is 11.8. The first kappa shape index (κ1) is 18.5. The van der Waals surface area contributed by atoms with E-state index >= 15 is 0 Å². The van der Waals surface area contributed by atoms with E-state index in [0.717, 1.165) is 38.6 Å². The highest BCUT2D eigenvalue weighted by atomic mass is 16.5. The third kappa shape index (κ3) is 6.48. The fraction of sp³-hybridized carbons (Fsp3) is 0.722.